The molecule has 0 amide bonds. The Morgan fingerprint density at radius 3 is 2.34 bits per heavy atom. The number of carboxylic acid groups (broad SMARTS) is 1. The van der Waals surface area contributed by atoms with Crippen molar-refractivity contribution in [2.75, 3.05) is 5.75 Å². The molecule has 4 unspecified atom stereocenters. The Morgan fingerprint density at radius 1 is 1.06 bits per heavy atom. The molecule has 0 spiro atoms. The molecule has 0 bridgehead atoms. The van der Waals surface area contributed by atoms with Gasteiger partial charge in [-0.15, -0.1) is 0 Å². The minimum absolute atomic E-state index is 0.0142. The van der Waals surface area contributed by atoms with Crippen LogP contribution in [0.1, 0.15) is 93.4 Å². The Bertz CT molecular complexity index is 838. The average Bonchev–Trinajstić information content (AvgIpc) is 3.04. The molecule has 4 nitrogen and oxygen atoms in total. The molecule has 12 atom stereocenters. The van der Waals surface area contributed by atoms with Gasteiger partial charge in [0.05, 0.1) is 18.1 Å². The molecular formula is C30H50O4S. The number of carboxylic acids is 1. The molecule has 5 heteroatoms. The van der Waals surface area contributed by atoms with Gasteiger partial charge in [-0.05, 0) is 110 Å². The second-order valence-corrected chi connectivity index (χ2v) is 15.1. The molecule has 4 saturated carbocycles. The second-order valence-electron chi connectivity index (χ2n) is 13.6. The van der Waals surface area contributed by atoms with Crippen LogP contribution in [0.15, 0.2) is 11.6 Å². The molecule has 4 rings (SSSR count). The van der Waals surface area contributed by atoms with Gasteiger partial charge in [0.2, 0.25) is 0 Å². The van der Waals surface area contributed by atoms with Gasteiger partial charge in [-0.3, -0.25) is 4.79 Å². The standard InChI is InChI=1S/C30H50O4S/c1-8-35-24-16-30(7)21(25(24)19(27(33)34)10-9-17(2)3)15-23(32)26-28(5)13-12-22(31)18(4)20(28)11-14-29(26,30)6/h9,18-26,31-32H,8,10-16H2,1-7H3,(H,33,34)/t18-,19+,20?,21?,22+,23?,24-,25+,26?,28-,29-,30-/m0/s1. The molecule has 0 saturated heterocycles. The largest absolute Gasteiger partial charge is 0.481 e. The van der Waals surface area contributed by atoms with Crippen LogP contribution < -0.4 is 0 Å². The highest BCUT2D eigenvalue weighted by atomic mass is 32.2. The van der Waals surface area contributed by atoms with Crippen molar-refractivity contribution in [2.24, 2.45) is 51.8 Å². The Balaban J connectivity index is 1.76. The first-order valence-corrected chi connectivity index (χ1v) is 15.2. The Kier molecular flexibility index (Phi) is 7.59. The highest BCUT2D eigenvalue weighted by Gasteiger charge is 2.71. The molecular weight excluding hydrogens is 456 g/mol. The summed E-state index contributed by atoms with van der Waals surface area (Å²) in [6.07, 6.45) is 7.82. The molecule has 200 valence electrons. The first kappa shape index (κ1) is 27.5. The number of aliphatic hydroxyl groups excluding tert-OH is 2. The van der Waals surface area contributed by atoms with Crippen LogP contribution in [-0.2, 0) is 4.79 Å². The van der Waals surface area contributed by atoms with Gasteiger partial charge in [0.25, 0.3) is 0 Å². The topological polar surface area (TPSA) is 77.8 Å². The van der Waals surface area contributed by atoms with Crippen molar-refractivity contribution in [1.29, 1.82) is 0 Å². The van der Waals surface area contributed by atoms with Gasteiger partial charge in [-0.2, -0.15) is 11.8 Å². The van der Waals surface area contributed by atoms with E-state index in [0.29, 0.717) is 17.6 Å². The van der Waals surface area contributed by atoms with Gasteiger partial charge in [0.1, 0.15) is 0 Å². The lowest BCUT2D eigenvalue weighted by Gasteiger charge is -2.69. The van der Waals surface area contributed by atoms with E-state index < -0.39 is 18.0 Å². The van der Waals surface area contributed by atoms with Crippen molar-refractivity contribution in [3.8, 4) is 0 Å². The summed E-state index contributed by atoms with van der Waals surface area (Å²) in [5.74, 6) is 1.16. The van der Waals surface area contributed by atoms with Crippen molar-refractivity contribution in [3.05, 3.63) is 11.6 Å². The molecule has 4 aliphatic rings. The molecule has 4 fully saturated rings. The fraction of sp³-hybridized carbons (Fsp3) is 0.900. The Labute approximate surface area is 217 Å². The third-order valence-corrected chi connectivity index (χ3v) is 13.1. The number of rotatable bonds is 6. The number of hydrogen-bond donors (Lipinski definition) is 3. The van der Waals surface area contributed by atoms with Gasteiger partial charge in [-0.25, -0.2) is 0 Å². The summed E-state index contributed by atoms with van der Waals surface area (Å²) in [4.78, 5) is 12.7. The zero-order valence-corrected chi connectivity index (χ0v) is 23.9. The van der Waals surface area contributed by atoms with Crippen molar-refractivity contribution < 1.29 is 20.1 Å². The molecule has 0 radical (unpaired) electrons. The number of thioether (sulfide) groups is 1. The number of aliphatic hydroxyl groups is 2. The summed E-state index contributed by atoms with van der Waals surface area (Å²) < 4.78 is 0. The lowest BCUT2D eigenvalue weighted by Crippen LogP contribution is -2.66. The van der Waals surface area contributed by atoms with Crippen LogP contribution in [0.3, 0.4) is 0 Å². The fourth-order valence-electron chi connectivity index (χ4n) is 10.2. The van der Waals surface area contributed by atoms with Crippen LogP contribution in [0.25, 0.3) is 0 Å². The van der Waals surface area contributed by atoms with Gasteiger partial charge >= 0.3 is 5.97 Å². The Morgan fingerprint density at radius 2 is 1.74 bits per heavy atom. The monoisotopic (exact) mass is 506 g/mol. The van der Waals surface area contributed by atoms with Crippen LogP contribution in [0.5, 0.6) is 0 Å². The molecule has 0 aliphatic heterocycles. The van der Waals surface area contributed by atoms with Crippen molar-refractivity contribution in [1.82, 2.24) is 0 Å². The average molecular weight is 507 g/mol. The van der Waals surface area contributed by atoms with E-state index in [2.05, 4.69) is 40.7 Å². The number of hydrogen-bond acceptors (Lipinski definition) is 4. The van der Waals surface area contributed by atoms with Crippen LogP contribution in [0.2, 0.25) is 0 Å². The highest BCUT2D eigenvalue weighted by Crippen LogP contribution is 2.75. The normalized spacial score (nSPS) is 50.0. The molecule has 0 heterocycles. The number of carbonyl (C=O) groups is 1. The summed E-state index contributed by atoms with van der Waals surface area (Å²) in [6, 6.07) is 0. The van der Waals surface area contributed by atoms with Crippen molar-refractivity contribution in [3.63, 3.8) is 0 Å². The number of allylic oxidation sites excluding steroid dienone is 2. The summed E-state index contributed by atoms with van der Waals surface area (Å²) >= 11 is 1.95. The van der Waals surface area contributed by atoms with Gasteiger partial charge in [0, 0.05) is 5.25 Å². The summed E-state index contributed by atoms with van der Waals surface area (Å²) in [6.45, 7) is 15.8. The minimum atomic E-state index is -0.675. The van der Waals surface area contributed by atoms with E-state index in [4.69, 9.17) is 0 Å². The zero-order chi connectivity index (χ0) is 25.9. The first-order chi connectivity index (χ1) is 16.3. The first-order valence-electron chi connectivity index (χ1n) is 14.2. The van der Waals surface area contributed by atoms with E-state index in [9.17, 15) is 20.1 Å². The lowest BCUT2D eigenvalue weighted by molar-refractivity contribution is -0.240. The maximum atomic E-state index is 12.7. The lowest BCUT2D eigenvalue weighted by atomic mass is 9.36. The van der Waals surface area contributed by atoms with Crippen molar-refractivity contribution >= 4 is 17.7 Å². The van der Waals surface area contributed by atoms with E-state index in [1.54, 1.807) is 0 Å². The predicted molar refractivity (Wildman–Crippen MR) is 144 cm³/mol. The maximum absolute atomic E-state index is 12.7. The summed E-state index contributed by atoms with van der Waals surface area (Å²) in [5.41, 5.74) is 1.19. The molecule has 3 N–H and O–H groups in total. The Hall–Kier alpha value is -0.520. The molecule has 35 heavy (non-hydrogen) atoms. The van der Waals surface area contributed by atoms with Crippen LogP contribution in [-0.4, -0.2) is 44.5 Å². The smallest absolute Gasteiger partial charge is 0.307 e. The molecule has 4 aliphatic carbocycles. The zero-order valence-electron chi connectivity index (χ0n) is 23.1. The van der Waals surface area contributed by atoms with E-state index >= 15 is 0 Å². The molecule has 0 aromatic rings. The van der Waals surface area contributed by atoms with Gasteiger partial charge in [0.15, 0.2) is 0 Å². The summed E-state index contributed by atoms with van der Waals surface area (Å²) in [5, 5.41) is 33.3. The predicted octanol–water partition coefficient (Wildman–Crippen LogP) is 6.40. The second kappa shape index (κ2) is 9.66. The molecule has 0 aromatic carbocycles. The van der Waals surface area contributed by atoms with E-state index in [0.717, 1.165) is 44.3 Å². The van der Waals surface area contributed by atoms with Gasteiger partial charge in [-0.1, -0.05) is 46.3 Å². The SMILES string of the molecule is CCS[C@H]1C[C@@]2(C)C(CC(O)C3[C@@]4(C)CC[C@@H](O)[C@@H](C)C4CC[C@@]32C)[C@H]1[C@@H](CC=C(C)C)C(=O)O. The number of aliphatic carboxylic acids is 1. The van der Waals surface area contributed by atoms with Crippen LogP contribution in [0.4, 0.5) is 0 Å². The van der Waals surface area contributed by atoms with Crippen molar-refractivity contribution in [2.45, 2.75) is 111 Å². The molecule has 0 aromatic heterocycles. The van der Waals surface area contributed by atoms with Gasteiger partial charge < -0.3 is 15.3 Å². The van der Waals surface area contributed by atoms with Crippen LogP contribution in [0, 0.1) is 51.8 Å². The third kappa shape index (κ3) is 4.14. The van der Waals surface area contributed by atoms with Crippen LogP contribution >= 0.6 is 11.8 Å². The number of fused-ring (bicyclic) bond motifs is 5. The van der Waals surface area contributed by atoms with E-state index in [1.165, 1.54) is 5.57 Å². The highest BCUT2D eigenvalue weighted by molar-refractivity contribution is 7.99. The third-order valence-electron chi connectivity index (χ3n) is 11.9. The summed E-state index contributed by atoms with van der Waals surface area (Å²) in [7, 11) is 0. The fourth-order valence-corrected chi connectivity index (χ4v) is 11.7. The van der Waals surface area contributed by atoms with E-state index in [-0.39, 0.29) is 46.0 Å². The minimum Gasteiger partial charge on any atom is -0.481 e. The van der Waals surface area contributed by atoms with E-state index in [1.807, 2.05) is 25.6 Å². The quantitative estimate of drug-likeness (QED) is 0.363. The maximum Gasteiger partial charge on any atom is 0.307 e.